The second kappa shape index (κ2) is 7.49. The Morgan fingerprint density at radius 1 is 1.43 bits per heavy atom. The number of benzene rings is 1. The molecule has 3 N–H and O–H groups in total. The van der Waals surface area contributed by atoms with Gasteiger partial charge in [0.05, 0.1) is 17.9 Å². The summed E-state index contributed by atoms with van der Waals surface area (Å²) in [6.07, 6.45) is -2.31. The average molecular weight is 345 g/mol. The zero-order valence-corrected chi connectivity index (χ0v) is 13.6. The molecule has 0 aliphatic rings. The van der Waals surface area contributed by atoms with E-state index in [1.807, 2.05) is 4.72 Å². The van der Waals surface area contributed by atoms with Crippen LogP contribution >= 0.6 is 0 Å². The number of hydrogen-bond acceptors (Lipinski definition) is 7. The van der Waals surface area contributed by atoms with Gasteiger partial charge in [-0.3, -0.25) is 14.9 Å². The summed E-state index contributed by atoms with van der Waals surface area (Å²) in [5, 5.41) is 11.1. The number of ether oxygens (including phenoxy) is 1. The van der Waals surface area contributed by atoms with Gasteiger partial charge in [-0.1, -0.05) is 18.2 Å². The van der Waals surface area contributed by atoms with Crippen molar-refractivity contribution in [3.05, 3.63) is 40.4 Å². The van der Waals surface area contributed by atoms with Crippen LogP contribution in [-0.4, -0.2) is 37.6 Å². The van der Waals surface area contributed by atoms with E-state index >= 15 is 0 Å². The van der Waals surface area contributed by atoms with Gasteiger partial charge in [-0.25, -0.2) is 8.42 Å². The highest BCUT2D eigenvalue weighted by molar-refractivity contribution is 7.89. The van der Waals surface area contributed by atoms with Gasteiger partial charge < -0.3 is 10.5 Å². The SMILES string of the molecule is CCOC(=O)[C@](C)(N)CC(NS(=O)(=O)c1ccccc1)[N+](=O)[O-]. The molecule has 1 aromatic rings. The Hall–Kier alpha value is -2.04. The highest BCUT2D eigenvalue weighted by Crippen LogP contribution is 2.15. The molecule has 0 radical (unpaired) electrons. The predicted molar refractivity (Wildman–Crippen MR) is 81.4 cm³/mol. The number of esters is 1. The van der Waals surface area contributed by atoms with E-state index in [1.165, 1.54) is 31.2 Å². The first-order valence-electron chi connectivity index (χ1n) is 6.77. The lowest BCUT2D eigenvalue weighted by Crippen LogP contribution is -2.53. The van der Waals surface area contributed by atoms with Crippen LogP contribution in [0.4, 0.5) is 0 Å². The third-order valence-corrected chi connectivity index (χ3v) is 4.43. The Morgan fingerprint density at radius 2 is 2.00 bits per heavy atom. The summed E-state index contributed by atoms with van der Waals surface area (Å²) >= 11 is 0. The van der Waals surface area contributed by atoms with E-state index in [0.717, 1.165) is 0 Å². The maximum atomic E-state index is 12.2. The zero-order chi connectivity index (χ0) is 17.7. The lowest BCUT2D eigenvalue weighted by Gasteiger charge is -2.23. The Morgan fingerprint density at radius 3 is 2.48 bits per heavy atom. The average Bonchev–Trinajstić information content (AvgIpc) is 2.47. The fraction of sp³-hybridized carbons (Fsp3) is 0.462. The van der Waals surface area contributed by atoms with Crippen molar-refractivity contribution in [2.24, 2.45) is 5.73 Å². The van der Waals surface area contributed by atoms with Crippen molar-refractivity contribution in [2.45, 2.75) is 36.9 Å². The molecule has 9 nitrogen and oxygen atoms in total. The van der Waals surface area contributed by atoms with E-state index in [-0.39, 0.29) is 11.5 Å². The van der Waals surface area contributed by atoms with Crippen molar-refractivity contribution in [3.63, 3.8) is 0 Å². The van der Waals surface area contributed by atoms with Gasteiger partial charge in [0.25, 0.3) is 6.17 Å². The first-order valence-corrected chi connectivity index (χ1v) is 8.25. The van der Waals surface area contributed by atoms with Crippen LogP contribution in [0.2, 0.25) is 0 Å². The van der Waals surface area contributed by atoms with Crippen LogP contribution < -0.4 is 10.5 Å². The third kappa shape index (κ3) is 5.27. The third-order valence-electron chi connectivity index (χ3n) is 2.96. The fourth-order valence-electron chi connectivity index (χ4n) is 1.79. The van der Waals surface area contributed by atoms with Gasteiger partial charge in [0, 0.05) is 4.92 Å². The molecule has 0 saturated carbocycles. The van der Waals surface area contributed by atoms with Crippen molar-refractivity contribution in [1.29, 1.82) is 0 Å². The maximum absolute atomic E-state index is 12.2. The van der Waals surface area contributed by atoms with Crippen molar-refractivity contribution in [1.82, 2.24) is 4.72 Å². The molecule has 1 unspecified atom stereocenters. The zero-order valence-electron chi connectivity index (χ0n) is 12.8. The topological polar surface area (TPSA) is 142 Å². The summed E-state index contributed by atoms with van der Waals surface area (Å²) in [6.45, 7) is 2.87. The highest BCUT2D eigenvalue weighted by atomic mass is 32.2. The van der Waals surface area contributed by atoms with Crippen LogP contribution in [0.1, 0.15) is 20.3 Å². The molecule has 23 heavy (non-hydrogen) atoms. The first kappa shape index (κ1) is 19.0. The summed E-state index contributed by atoms with van der Waals surface area (Å²) < 4.78 is 31.0. The Labute approximate surface area is 134 Å². The molecule has 0 bridgehead atoms. The molecule has 0 heterocycles. The smallest absolute Gasteiger partial charge is 0.326 e. The van der Waals surface area contributed by atoms with Crippen LogP contribution in [0, 0.1) is 10.1 Å². The normalized spacial score (nSPS) is 15.4. The summed E-state index contributed by atoms with van der Waals surface area (Å²) in [4.78, 5) is 21.9. The lowest BCUT2D eigenvalue weighted by molar-refractivity contribution is -0.527. The van der Waals surface area contributed by atoms with Crippen molar-refractivity contribution < 1.29 is 22.9 Å². The van der Waals surface area contributed by atoms with Gasteiger partial charge in [-0.2, -0.15) is 0 Å². The molecular formula is C13H19N3O6S. The predicted octanol–water partition coefficient (Wildman–Crippen LogP) is 0.238. The van der Waals surface area contributed by atoms with Gasteiger partial charge in [0.15, 0.2) is 0 Å². The van der Waals surface area contributed by atoms with E-state index in [2.05, 4.69) is 0 Å². The van der Waals surface area contributed by atoms with E-state index in [1.54, 1.807) is 13.0 Å². The summed E-state index contributed by atoms with van der Waals surface area (Å²) in [5.41, 5.74) is 4.03. The van der Waals surface area contributed by atoms with Crippen LogP contribution in [0.15, 0.2) is 35.2 Å². The second-order valence-corrected chi connectivity index (χ2v) is 6.79. The standard InChI is InChI=1S/C13H19N3O6S/c1-3-22-12(17)13(2,14)9-11(16(18)19)15-23(20,21)10-7-5-4-6-8-10/h4-8,11,15H,3,9,14H2,1-2H3/t11?,13-/m1/s1. The van der Waals surface area contributed by atoms with E-state index in [9.17, 15) is 23.3 Å². The lowest BCUT2D eigenvalue weighted by atomic mass is 9.98. The van der Waals surface area contributed by atoms with E-state index in [4.69, 9.17) is 10.5 Å². The molecular weight excluding hydrogens is 326 g/mol. The van der Waals surface area contributed by atoms with Gasteiger partial charge in [0.2, 0.25) is 10.0 Å². The highest BCUT2D eigenvalue weighted by Gasteiger charge is 2.40. The molecule has 0 aliphatic heterocycles. The van der Waals surface area contributed by atoms with Gasteiger partial charge >= 0.3 is 5.97 Å². The molecule has 128 valence electrons. The Kier molecular flexibility index (Phi) is 6.19. The van der Waals surface area contributed by atoms with Crippen LogP contribution in [-0.2, 0) is 19.6 Å². The molecule has 1 aromatic carbocycles. The molecule has 0 saturated heterocycles. The van der Waals surface area contributed by atoms with Gasteiger partial charge in [0.1, 0.15) is 5.54 Å². The number of nitro groups is 1. The van der Waals surface area contributed by atoms with Crippen LogP contribution in [0.3, 0.4) is 0 Å². The number of nitrogens with two attached hydrogens (primary N) is 1. The number of carbonyl (C=O) groups excluding carboxylic acids is 1. The number of nitrogens with zero attached hydrogens (tertiary/aromatic N) is 1. The number of hydrogen-bond donors (Lipinski definition) is 2. The molecule has 10 heteroatoms. The molecule has 1 rings (SSSR count). The number of nitrogens with one attached hydrogen (secondary N) is 1. The first-order chi connectivity index (χ1) is 10.6. The minimum absolute atomic E-state index is 0.0600. The molecule has 0 spiro atoms. The molecule has 2 atom stereocenters. The fourth-order valence-corrected chi connectivity index (χ4v) is 2.97. The Balaban J connectivity index is 2.96. The number of carbonyl (C=O) groups is 1. The monoisotopic (exact) mass is 345 g/mol. The van der Waals surface area contributed by atoms with Crippen molar-refractivity contribution >= 4 is 16.0 Å². The minimum atomic E-state index is -4.11. The molecule has 0 fully saturated rings. The number of rotatable bonds is 8. The molecule has 0 aromatic heterocycles. The minimum Gasteiger partial charge on any atom is -0.465 e. The molecule has 0 amide bonds. The van der Waals surface area contributed by atoms with Crippen LogP contribution in [0.25, 0.3) is 0 Å². The van der Waals surface area contributed by atoms with Crippen LogP contribution in [0.5, 0.6) is 0 Å². The number of sulfonamides is 1. The summed E-state index contributed by atoms with van der Waals surface area (Å²) in [5.74, 6) is -0.842. The van der Waals surface area contributed by atoms with Gasteiger partial charge in [-0.15, -0.1) is 4.72 Å². The van der Waals surface area contributed by atoms with Crippen molar-refractivity contribution in [3.8, 4) is 0 Å². The van der Waals surface area contributed by atoms with Crippen molar-refractivity contribution in [2.75, 3.05) is 6.61 Å². The second-order valence-electron chi connectivity index (χ2n) is 5.08. The van der Waals surface area contributed by atoms with E-state index < -0.39 is 39.0 Å². The maximum Gasteiger partial charge on any atom is 0.326 e. The quantitative estimate of drug-likeness (QED) is 0.297. The van der Waals surface area contributed by atoms with E-state index in [0.29, 0.717) is 0 Å². The summed E-state index contributed by atoms with van der Waals surface area (Å²) in [6, 6.07) is 7.18. The molecule has 0 aliphatic carbocycles. The largest absolute Gasteiger partial charge is 0.465 e. The summed E-state index contributed by atoms with van der Waals surface area (Å²) in [7, 11) is -4.11. The van der Waals surface area contributed by atoms with Gasteiger partial charge in [-0.05, 0) is 26.0 Å². The Bertz CT molecular complexity index is 660.